The van der Waals surface area contributed by atoms with Gasteiger partial charge >= 0.3 is 6.01 Å². The maximum Gasteiger partial charge on any atom is 0.322 e. The summed E-state index contributed by atoms with van der Waals surface area (Å²) in [5.41, 5.74) is 2.39. The highest BCUT2D eigenvalue weighted by Crippen LogP contribution is 2.29. The normalized spacial score (nSPS) is 10.7. The maximum absolute atomic E-state index is 12.1. The molecule has 7 heteroatoms. The molecule has 0 saturated heterocycles. The van der Waals surface area contributed by atoms with Crippen molar-refractivity contribution in [2.24, 2.45) is 0 Å². The molecule has 1 N–H and O–H groups in total. The number of rotatable bonds is 3. The zero-order chi connectivity index (χ0) is 15.7. The van der Waals surface area contributed by atoms with Crippen molar-refractivity contribution in [1.29, 1.82) is 0 Å². The molecule has 0 aliphatic carbocycles. The van der Waals surface area contributed by atoms with Crippen LogP contribution in [0.2, 0.25) is 0 Å². The lowest BCUT2D eigenvalue weighted by atomic mass is 10.1. The Hall–Kier alpha value is -2.54. The Balaban J connectivity index is 1.80. The predicted molar refractivity (Wildman–Crippen MR) is 84.0 cm³/mol. The van der Waals surface area contributed by atoms with Gasteiger partial charge in [-0.15, -0.1) is 16.4 Å². The largest absolute Gasteiger partial charge is 0.402 e. The molecule has 0 unspecified atom stereocenters. The first kappa shape index (κ1) is 14.4. The summed E-state index contributed by atoms with van der Waals surface area (Å²) in [6, 6.07) is 7.36. The standard InChI is InChI=1S/C15H14N4O2S/c1-8-5-4-6-11(7-8)13(20)17-15-19-18-14(21-15)12-9(2)16-10(3)22-12/h4-7H,1-3H3,(H,17,19,20). The molecule has 2 aromatic heterocycles. The first-order valence-electron chi connectivity index (χ1n) is 6.69. The summed E-state index contributed by atoms with van der Waals surface area (Å²) in [6.45, 7) is 5.72. The van der Waals surface area contributed by atoms with E-state index in [1.165, 1.54) is 11.3 Å². The van der Waals surface area contributed by atoms with Gasteiger partial charge in [0.1, 0.15) is 4.88 Å². The third-order valence-corrected chi connectivity index (χ3v) is 4.08. The zero-order valence-corrected chi connectivity index (χ0v) is 13.2. The Morgan fingerprint density at radius 2 is 2.05 bits per heavy atom. The van der Waals surface area contributed by atoms with E-state index in [4.69, 9.17) is 4.42 Å². The number of amides is 1. The first-order valence-corrected chi connectivity index (χ1v) is 7.50. The lowest BCUT2D eigenvalue weighted by Gasteiger charge is -2.01. The summed E-state index contributed by atoms with van der Waals surface area (Å²) in [7, 11) is 0. The summed E-state index contributed by atoms with van der Waals surface area (Å²) in [6.07, 6.45) is 0. The minimum Gasteiger partial charge on any atom is -0.402 e. The van der Waals surface area contributed by atoms with Crippen LogP contribution in [0.25, 0.3) is 10.8 Å². The SMILES string of the molecule is Cc1cccc(C(=O)Nc2nnc(-c3sc(C)nc3C)o2)c1. The molecule has 112 valence electrons. The van der Waals surface area contributed by atoms with Gasteiger partial charge in [0.25, 0.3) is 11.8 Å². The minimum absolute atomic E-state index is 0.0759. The monoisotopic (exact) mass is 314 g/mol. The van der Waals surface area contributed by atoms with Gasteiger partial charge in [0.15, 0.2) is 0 Å². The Morgan fingerprint density at radius 1 is 1.23 bits per heavy atom. The van der Waals surface area contributed by atoms with Gasteiger partial charge < -0.3 is 4.42 Å². The second kappa shape index (κ2) is 5.69. The van der Waals surface area contributed by atoms with Crippen molar-refractivity contribution < 1.29 is 9.21 Å². The molecule has 6 nitrogen and oxygen atoms in total. The molecule has 0 saturated carbocycles. The Labute approximate surface area is 131 Å². The Kier molecular flexibility index (Phi) is 3.72. The number of nitrogens with zero attached hydrogens (tertiary/aromatic N) is 3. The molecule has 0 radical (unpaired) electrons. The lowest BCUT2D eigenvalue weighted by Crippen LogP contribution is -2.12. The summed E-state index contributed by atoms with van der Waals surface area (Å²) in [4.78, 5) is 17.3. The maximum atomic E-state index is 12.1. The van der Waals surface area contributed by atoms with Gasteiger partial charge in [-0.25, -0.2) is 4.98 Å². The minimum atomic E-state index is -0.281. The van der Waals surface area contributed by atoms with E-state index in [2.05, 4.69) is 20.5 Å². The number of benzene rings is 1. The van der Waals surface area contributed by atoms with Gasteiger partial charge in [-0.2, -0.15) is 0 Å². The van der Waals surface area contributed by atoms with Crippen molar-refractivity contribution in [3.63, 3.8) is 0 Å². The third-order valence-electron chi connectivity index (χ3n) is 3.02. The van der Waals surface area contributed by atoms with Gasteiger partial charge in [-0.1, -0.05) is 22.8 Å². The third kappa shape index (κ3) is 2.89. The average Bonchev–Trinajstić information content (AvgIpc) is 3.05. The Morgan fingerprint density at radius 3 is 2.73 bits per heavy atom. The van der Waals surface area contributed by atoms with Crippen LogP contribution < -0.4 is 5.32 Å². The van der Waals surface area contributed by atoms with E-state index in [-0.39, 0.29) is 11.9 Å². The topological polar surface area (TPSA) is 80.9 Å². The summed E-state index contributed by atoms with van der Waals surface area (Å²) in [5, 5.41) is 11.4. The second-order valence-corrected chi connectivity index (χ2v) is 6.09. The molecule has 0 aliphatic heterocycles. The number of aromatic nitrogens is 3. The lowest BCUT2D eigenvalue weighted by molar-refractivity contribution is 0.102. The highest BCUT2D eigenvalue weighted by Gasteiger charge is 2.16. The van der Waals surface area contributed by atoms with E-state index in [1.807, 2.05) is 32.9 Å². The molecule has 1 amide bonds. The highest BCUT2D eigenvalue weighted by atomic mass is 32.1. The van der Waals surface area contributed by atoms with Crippen molar-refractivity contribution in [3.8, 4) is 10.8 Å². The number of thiazole rings is 1. The van der Waals surface area contributed by atoms with Crippen LogP contribution in [0, 0.1) is 20.8 Å². The molecule has 2 heterocycles. The zero-order valence-electron chi connectivity index (χ0n) is 12.4. The van der Waals surface area contributed by atoms with Crippen LogP contribution in [0.5, 0.6) is 0 Å². The number of anilines is 1. The molecule has 3 aromatic rings. The van der Waals surface area contributed by atoms with E-state index in [1.54, 1.807) is 12.1 Å². The van der Waals surface area contributed by atoms with Crippen LogP contribution in [0.4, 0.5) is 6.01 Å². The van der Waals surface area contributed by atoms with E-state index in [0.29, 0.717) is 11.5 Å². The summed E-state index contributed by atoms with van der Waals surface area (Å²) >= 11 is 1.48. The fourth-order valence-corrected chi connectivity index (χ4v) is 2.89. The van der Waals surface area contributed by atoms with Crippen molar-refractivity contribution in [3.05, 3.63) is 46.1 Å². The van der Waals surface area contributed by atoms with Gasteiger partial charge in [0, 0.05) is 5.56 Å². The van der Waals surface area contributed by atoms with Crippen molar-refractivity contribution in [2.45, 2.75) is 20.8 Å². The van der Waals surface area contributed by atoms with Crippen LogP contribution in [0.15, 0.2) is 28.7 Å². The van der Waals surface area contributed by atoms with Gasteiger partial charge in [0.05, 0.1) is 10.7 Å². The predicted octanol–water partition coefficient (Wildman–Crippen LogP) is 3.37. The smallest absolute Gasteiger partial charge is 0.322 e. The van der Waals surface area contributed by atoms with Crippen molar-refractivity contribution in [2.75, 3.05) is 5.32 Å². The number of nitrogens with one attached hydrogen (secondary N) is 1. The number of aryl methyl sites for hydroxylation is 3. The summed E-state index contributed by atoms with van der Waals surface area (Å²) in [5.74, 6) is 0.0822. The van der Waals surface area contributed by atoms with Crippen LogP contribution in [0.1, 0.15) is 26.6 Å². The van der Waals surface area contributed by atoms with E-state index in [9.17, 15) is 4.79 Å². The first-order chi connectivity index (χ1) is 10.5. The molecule has 0 fully saturated rings. The summed E-state index contributed by atoms with van der Waals surface area (Å²) < 4.78 is 5.50. The van der Waals surface area contributed by atoms with Crippen LogP contribution >= 0.6 is 11.3 Å². The molecule has 0 spiro atoms. The van der Waals surface area contributed by atoms with E-state index >= 15 is 0 Å². The second-order valence-electron chi connectivity index (χ2n) is 4.88. The average molecular weight is 314 g/mol. The number of hydrogen-bond acceptors (Lipinski definition) is 6. The fourth-order valence-electron chi connectivity index (χ4n) is 2.05. The molecular formula is C15H14N4O2S. The highest BCUT2D eigenvalue weighted by molar-refractivity contribution is 7.15. The number of carbonyl (C=O) groups is 1. The van der Waals surface area contributed by atoms with Crippen LogP contribution in [0.3, 0.4) is 0 Å². The fraction of sp³-hybridized carbons (Fsp3) is 0.200. The molecular weight excluding hydrogens is 300 g/mol. The quantitative estimate of drug-likeness (QED) is 0.801. The Bertz CT molecular complexity index is 838. The molecule has 22 heavy (non-hydrogen) atoms. The molecule has 0 atom stereocenters. The molecule has 1 aromatic carbocycles. The van der Waals surface area contributed by atoms with Crippen molar-refractivity contribution in [1.82, 2.24) is 15.2 Å². The van der Waals surface area contributed by atoms with Crippen molar-refractivity contribution >= 4 is 23.3 Å². The van der Waals surface area contributed by atoms with E-state index in [0.717, 1.165) is 21.1 Å². The number of hydrogen-bond donors (Lipinski definition) is 1. The molecule has 0 bridgehead atoms. The van der Waals surface area contributed by atoms with Gasteiger partial charge in [-0.05, 0) is 32.9 Å². The van der Waals surface area contributed by atoms with Crippen LogP contribution in [-0.4, -0.2) is 21.1 Å². The number of carbonyl (C=O) groups excluding carboxylic acids is 1. The van der Waals surface area contributed by atoms with Gasteiger partial charge in [-0.3, -0.25) is 10.1 Å². The van der Waals surface area contributed by atoms with Gasteiger partial charge in [0.2, 0.25) is 0 Å². The molecule has 0 aliphatic rings. The van der Waals surface area contributed by atoms with E-state index < -0.39 is 0 Å². The molecule has 3 rings (SSSR count). The van der Waals surface area contributed by atoms with Crippen LogP contribution in [-0.2, 0) is 0 Å².